The molecule has 2 aromatic rings. The molecule has 1 aliphatic carbocycles. The summed E-state index contributed by atoms with van der Waals surface area (Å²) in [5, 5.41) is 5.56. The average molecular weight is 380 g/mol. The number of nitrogens with zero attached hydrogens (tertiary/aromatic N) is 3. The summed E-state index contributed by atoms with van der Waals surface area (Å²) in [4.78, 5) is 2.61. The van der Waals surface area contributed by atoms with E-state index < -0.39 is 0 Å². The topological polar surface area (TPSA) is 30.3 Å². The minimum absolute atomic E-state index is 0.524. The second kappa shape index (κ2) is 7.56. The summed E-state index contributed by atoms with van der Waals surface area (Å²) in [6.07, 6.45) is 7.21. The van der Waals surface area contributed by atoms with Gasteiger partial charge in [0, 0.05) is 18.8 Å². The molecule has 4 rings (SSSR count). The standard InChI is InChI=1S/C19H23Cl2N3O/c20-17-6-5-16(11-18(17)21)24-10-7-19(22-24)25-13-15-4-3-14(15)12-23-8-1-2-9-23/h5-7,10-11,14-15H,1-4,8-9,12-13H2/t14-,15+/m1/s1. The van der Waals surface area contributed by atoms with Crippen LogP contribution in [-0.2, 0) is 0 Å². The van der Waals surface area contributed by atoms with Crippen LogP contribution in [0.1, 0.15) is 25.7 Å². The van der Waals surface area contributed by atoms with E-state index in [1.165, 1.54) is 45.3 Å². The first-order chi connectivity index (χ1) is 12.2. The maximum absolute atomic E-state index is 6.08. The van der Waals surface area contributed by atoms with Crippen LogP contribution in [0.15, 0.2) is 30.5 Å². The highest BCUT2D eigenvalue weighted by Crippen LogP contribution is 2.36. The van der Waals surface area contributed by atoms with Crippen molar-refractivity contribution < 1.29 is 4.74 Å². The molecule has 2 aliphatic rings. The van der Waals surface area contributed by atoms with E-state index >= 15 is 0 Å². The molecule has 1 saturated carbocycles. The fourth-order valence-corrected chi connectivity index (χ4v) is 4.03. The van der Waals surface area contributed by atoms with Crippen LogP contribution in [0.4, 0.5) is 0 Å². The van der Waals surface area contributed by atoms with Crippen molar-refractivity contribution in [3.05, 3.63) is 40.5 Å². The van der Waals surface area contributed by atoms with Gasteiger partial charge in [0.25, 0.3) is 0 Å². The first kappa shape index (κ1) is 17.2. The molecule has 0 N–H and O–H groups in total. The molecule has 2 fully saturated rings. The predicted molar refractivity (Wildman–Crippen MR) is 101 cm³/mol. The van der Waals surface area contributed by atoms with Crippen LogP contribution in [0.2, 0.25) is 10.0 Å². The Morgan fingerprint density at radius 3 is 2.56 bits per heavy atom. The van der Waals surface area contributed by atoms with E-state index in [0.29, 0.717) is 21.8 Å². The highest BCUT2D eigenvalue weighted by molar-refractivity contribution is 6.42. The van der Waals surface area contributed by atoms with Gasteiger partial charge in [-0.1, -0.05) is 23.2 Å². The molecule has 0 spiro atoms. The summed E-state index contributed by atoms with van der Waals surface area (Å²) in [6, 6.07) is 7.37. The van der Waals surface area contributed by atoms with Crippen molar-refractivity contribution in [2.24, 2.45) is 11.8 Å². The fourth-order valence-electron chi connectivity index (χ4n) is 3.74. The maximum atomic E-state index is 6.08. The third kappa shape index (κ3) is 3.97. The molecule has 1 saturated heterocycles. The van der Waals surface area contributed by atoms with Gasteiger partial charge in [0.05, 0.1) is 22.3 Å². The summed E-state index contributed by atoms with van der Waals surface area (Å²) in [7, 11) is 0. The van der Waals surface area contributed by atoms with Gasteiger partial charge in [-0.25, -0.2) is 4.68 Å². The molecule has 6 heteroatoms. The molecule has 25 heavy (non-hydrogen) atoms. The zero-order chi connectivity index (χ0) is 17.2. The van der Waals surface area contributed by atoms with E-state index in [4.69, 9.17) is 27.9 Å². The SMILES string of the molecule is Clc1ccc(-n2ccc(OC[C@@H]3CC[C@@H]3CN3CCCC3)n2)cc1Cl. The van der Waals surface area contributed by atoms with Crippen LogP contribution in [0, 0.1) is 11.8 Å². The van der Waals surface area contributed by atoms with Crippen molar-refractivity contribution in [2.75, 3.05) is 26.2 Å². The first-order valence-corrected chi connectivity index (χ1v) is 9.81. The molecule has 134 valence electrons. The molecule has 0 amide bonds. The van der Waals surface area contributed by atoms with Crippen LogP contribution >= 0.6 is 23.2 Å². The van der Waals surface area contributed by atoms with Crippen molar-refractivity contribution in [1.29, 1.82) is 0 Å². The van der Waals surface area contributed by atoms with E-state index in [1.54, 1.807) is 16.8 Å². The molecular formula is C19H23Cl2N3O. The van der Waals surface area contributed by atoms with Crippen molar-refractivity contribution >= 4 is 23.2 Å². The van der Waals surface area contributed by atoms with Crippen molar-refractivity contribution in [3.8, 4) is 11.6 Å². The summed E-state index contributed by atoms with van der Waals surface area (Å²) < 4.78 is 7.72. The average Bonchev–Trinajstić information content (AvgIpc) is 3.26. The van der Waals surface area contributed by atoms with E-state index in [2.05, 4.69) is 10.00 Å². The highest BCUT2D eigenvalue weighted by Gasteiger charge is 2.33. The Morgan fingerprint density at radius 1 is 1.04 bits per heavy atom. The Balaban J connectivity index is 1.31. The molecule has 0 radical (unpaired) electrons. The summed E-state index contributed by atoms with van der Waals surface area (Å²) in [5.41, 5.74) is 0.875. The summed E-state index contributed by atoms with van der Waals surface area (Å²) in [5.74, 6) is 2.11. The number of ether oxygens (including phenoxy) is 1. The second-order valence-electron chi connectivity index (χ2n) is 7.11. The van der Waals surface area contributed by atoms with Gasteiger partial charge in [-0.05, 0) is 68.8 Å². The zero-order valence-corrected chi connectivity index (χ0v) is 15.7. The Bertz CT molecular complexity index is 727. The molecule has 4 nitrogen and oxygen atoms in total. The molecule has 2 atom stereocenters. The Kier molecular flexibility index (Phi) is 5.20. The van der Waals surface area contributed by atoms with Gasteiger partial charge < -0.3 is 9.64 Å². The number of hydrogen-bond donors (Lipinski definition) is 0. The number of benzene rings is 1. The number of rotatable bonds is 6. The third-order valence-corrected chi connectivity index (χ3v) is 6.18. The van der Waals surface area contributed by atoms with Crippen LogP contribution in [0.25, 0.3) is 5.69 Å². The van der Waals surface area contributed by atoms with E-state index in [1.807, 2.05) is 18.3 Å². The lowest BCUT2D eigenvalue weighted by Crippen LogP contribution is -2.39. The van der Waals surface area contributed by atoms with Gasteiger partial charge >= 0.3 is 0 Å². The van der Waals surface area contributed by atoms with Crippen LogP contribution in [0.5, 0.6) is 5.88 Å². The van der Waals surface area contributed by atoms with Crippen molar-refractivity contribution in [3.63, 3.8) is 0 Å². The van der Waals surface area contributed by atoms with Gasteiger partial charge in [-0.2, -0.15) is 0 Å². The molecule has 1 aromatic carbocycles. The smallest absolute Gasteiger partial charge is 0.233 e. The zero-order valence-electron chi connectivity index (χ0n) is 14.2. The van der Waals surface area contributed by atoms with Gasteiger partial charge in [0.2, 0.25) is 5.88 Å². The number of likely N-dealkylation sites (tertiary alicyclic amines) is 1. The molecule has 0 bridgehead atoms. The van der Waals surface area contributed by atoms with Crippen LogP contribution in [0.3, 0.4) is 0 Å². The Labute approximate surface area is 158 Å². The summed E-state index contributed by atoms with van der Waals surface area (Å²) >= 11 is 12.0. The van der Waals surface area contributed by atoms with E-state index in [9.17, 15) is 0 Å². The quantitative estimate of drug-likeness (QED) is 0.729. The summed E-state index contributed by atoms with van der Waals surface area (Å²) in [6.45, 7) is 4.55. The lowest BCUT2D eigenvalue weighted by Gasteiger charge is -2.38. The van der Waals surface area contributed by atoms with Gasteiger partial charge in [0.1, 0.15) is 0 Å². The maximum Gasteiger partial charge on any atom is 0.233 e. The molecule has 1 aliphatic heterocycles. The monoisotopic (exact) mass is 379 g/mol. The van der Waals surface area contributed by atoms with E-state index in [-0.39, 0.29) is 0 Å². The minimum Gasteiger partial charge on any atom is -0.476 e. The third-order valence-electron chi connectivity index (χ3n) is 5.44. The van der Waals surface area contributed by atoms with Crippen molar-refractivity contribution in [1.82, 2.24) is 14.7 Å². The molecular weight excluding hydrogens is 357 g/mol. The highest BCUT2D eigenvalue weighted by atomic mass is 35.5. The Morgan fingerprint density at radius 2 is 1.84 bits per heavy atom. The van der Waals surface area contributed by atoms with Crippen LogP contribution in [-0.4, -0.2) is 40.9 Å². The van der Waals surface area contributed by atoms with Gasteiger partial charge in [-0.3, -0.25) is 0 Å². The van der Waals surface area contributed by atoms with Crippen molar-refractivity contribution in [2.45, 2.75) is 25.7 Å². The minimum atomic E-state index is 0.524. The van der Waals surface area contributed by atoms with E-state index in [0.717, 1.165) is 18.2 Å². The van der Waals surface area contributed by atoms with Gasteiger partial charge in [0.15, 0.2) is 0 Å². The molecule has 1 aromatic heterocycles. The lowest BCUT2D eigenvalue weighted by atomic mass is 9.74. The van der Waals surface area contributed by atoms with Gasteiger partial charge in [-0.15, -0.1) is 5.10 Å². The largest absolute Gasteiger partial charge is 0.476 e. The first-order valence-electron chi connectivity index (χ1n) is 9.05. The Hall–Kier alpha value is -1.23. The normalized spacial score (nSPS) is 23.6. The second-order valence-corrected chi connectivity index (χ2v) is 7.93. The fraction of sp³-hybridized carbons (Fsp3) is 0.526. The number of halogens is 2. The number of aromatic nitrogens is 2. The van der Waals surface area contributed by atoms with Crippen LogP contribution < -0.4 is 4.74 Å². The predicted octanol–water partition coefficient (Wildman–Crippen LogP) is 4.68. The number of hydrogen-bond acceptors (Lipinski definition) is 3. The molecule has 0 unspecified atom stereocenters. The molecule has 2 heterocycles. The lowest BCUT2D eigenvalue weighted by molar-refractivity contribution is 0.0732.